The minimum Gasteiger partial charge on any atom is -0.493 e. The Morgan fingerprint density at radius 3 is 1.79 bits per heavy atom. The number of nitrogens with zero attached hydrogens (tertiary/aromatic N) is 1. The second-order valence-corrected chi connectivity index (χ2v) is 11.2. The van der Waals surface area contributed by atoms with Crippen molar-refractivity contribution in [1.29, 1.82) is 0 Å². The molecule has 0 aliphatic carbocycles. The number of esters is 2. The van der Waals surface area contributed by atoms with Gasteiger partial charge in [-0.15, -0.1) is 0 Å². The standard InChI is InChI=1S/C41H35N3O9/c1-26-13-15-28(16-14-26)39(46)43-32-20-17-29(18-21-32)40(47)44-42-25-30-10-6-8-12-34(30)52-37(45)22-19-27-9-5-7-11-33(27)53-41(48)31-23-35(49-2)38(51-4)36(24-31)50-3/h5-25H,1-4H3,(H,43,46)(H,44,47)/b22-19+,42-25+. The summed E-state index contributed by atoms with van der Waals surface area (Å²) in [5.74, 6) is -0.861. The molecule has 53 heavy (non-hydrogen) atoms. The summed E-state index contributed by atoms with van der Waals surface area (Å²) < 4.78 is 27.2. The number of methoxy groups -OCH3 is 3. The maximum Gasteiger partial charge on any atom is 0.343 e. The fourth-order valence-corrected chi connectivity index (χ4v) is 4.89. The topological polar surface area (TPSA) is 151 Å². The van der Waals surface area contributed by atoms with Crippen molar-refractivity contribution in [1.82, 2.24) is 5.43 Å². The van der Waals surface area contributed by atoms with Crippen LogP contribution in [0.15, 0.2) is 120 Å². The Morgan fingerprint density at radius 2 is 1.17 bits per heavy atom. The number of hydrazone groups is 1. The molecule has 0 unspecified atom stereocenters. The second kappa shape index (κ2) is 17.6. The Hall–Kier alpha value is -7.21. The van der Waals surface area contributed by atoms with E-state index in [0.717, 1.165) is 5.56 Å². The van der Waals surface area contributed by atoms with Crippen molar-refractivity contribution in [2.45, 2.75) is 6.92 Å². The number of aryl methyl sites for hydroxylation is 1. The Balaban J connectivity index is 1.19. The van der Waals surface area contributed by atoms with E-state index in [2.05, 4.69) is 15.8 Å². The lowest BCUT2D eigenvalue weighted by Gasteiger charge is -2.14. The number of benzene rings is 5. The molecule has 5 aromatic carbocycles. The van der Waals surface area contributed by atoms with Crippen molar-refractivity contribution in [3.05, 3.63) is 149 Å². The smallest absolute Gasteiger partial charge is 0.343 e. The third-order valence-corrected chi connectivity index (χ3v) is 7.64. The maximum atomic E-state index is 13.1. The number of hydrogen-bond acceptors (Lipinski definition) is 10. The number of carbonyl (C=O) groups excluding carboxylic acids is 4. The number of ether oxygens (including phenoxy) is 5. The number of rotatable bonds is 13. The predicted octanol–water partition coefficient (Wildman–Crippen LogP) is 6.88. The molecule has 0 bridgehead atoms. The van der Waals surface area contributed by atoms with Gasteiger partial charge < -0.3 is 29.0 Å². The van der Waals surface area contributed by atoms with Crippen LogP contribution < -0.4 is 34.4 Å². The van der Waals surface area contributed by atoms with E-state index in [-0.39, 0.29) is 34.5 Å². The van der Waals surface area contributed by atoms with Crippen LogP contribution in [0.2, 0.25) is 0 Å². The lowest BCUT2D eigenvalue weighted by molar-refractivity contribution is -0.128. The van der Waals surface area contributed by atoms with Gasteiger partial charge in [-0.05, 0) is 79.7 Å². The predicted molar refractivity (Wildman–Crippen MR) is 199 cm³/mol. The summed E-state index contributed by atoms with van der Waals surface area (Å²) in [6.07, 6.45) is 3.99. The highest BCUT2D eigenvalue weighted by Gasteiger charge is 2.19. The van der Waals surface area contributed by atoms with Crippen LogP contribution in [0.25, 0.3) is 6.08 Å². The van der Waals surface area contributed by atoms with Crippen molar-refractivity contribution in [3.8, 4) is 28.7 Å². The molecule has 0 saturated heterocycles. The van der Waals surface area contributed by atoms with Gasteiger partial charge in [0.1, 0.15) is 11.5 Å². The minimum atomic E-state index is -0.713. The quantitative estimate of drug-likeness (QED) is 0.0438. The summed E-state index contributed by atoms with van der Waals surface area (Å²) in [4.78, 5) is 51.1. The van der Waals surface area contributed by atoms with Crippen LogP contribution in [0, 0.1) is 6.92 Å². The van der Waals surface area contributed by atoms with Gasteiger partial charge in [0, 0.05) is 34.0 Å². The molecule has 5 rings (SSSR count). The molecule has 0 aliphatic heterocycles. The maximum absolute atomic E-state index is 13.1. The van der Waals surface area contributed by atoms with Crippen LogP contribution in [0.1, 0.15) is 47.8 Å². The van der Waals surface area contributed by atoms with E-state index in [9.17, 15) is 19.2 Å². The van der Waals surface area contributed by atoms with Crippen LogP contribution in [0.3, 0.4) is 0 Å². The summed E-state index contributed by atoms with van der Waals surface area (Å²) >= 11 is 0. The molecule has 0 aliphatic rings. The number of carbonyl (C=O) groups is 4. The molecular formula is C41H35N3O9. The third-order valence-electron chi connectivity index (χ3n) is 7.64. The Kier molecular flexibility index (Phi) is 12.3. The molecule has 0 fully saturated rings. The van der Waals surface area contributed by atoms with Crippen molar-refractivity contribution >= 4 is 41.7 Å². The minimum absolute atomic E-state index is 0.157. The number of hydrogen-bond donors (Lipinski definition) is 2. The lowest BCUT2D eigenvalue weighted by Crippen LogP contribution is -2.18. The number of nitrogens with one attached hydrogen (secondary N) is 2. The van der Waals surface area contributed by atoms with E-state index in [1.165, 1.54) is 51.8 Å². The molecule has 0 spiro atoms. The van der Waals surface area contributed by atoms with E-state index in [1.807, 2.05) is 19.1 Å². The normalized spacial score (nSPS) is 10.8. The van der Waals surface area contributed by atoms with Crippen LogP contribution in [-0.2, 0) is 4.79 Å². The van der Waals surface area contributed by atoms with Gasteiger partial charge in [0.05, 0.1) is 33.1 Å². The summed E-state index contributed by atoms with van der Waals surface area (Å²) in [5.41, 5.74) is 5.87. The lowest BCUT2D eigenvalue weighted by atomic mass is 10.1. The molecular weight excluding hydrogens is 678 g/mol. The molecule has 268 valence electrons. The van der Waals surface area contributed by atoms with Crippen molar-refractivity contribution in [3.63, 3.8) is 0 Å². The van der Waals surface area contributed by atoms with E-state index >= 15 is 0 Å². The first-order valence-corrected chi connectivity index (χ1v) is 16.1. The zero-order valence-electron chi connectivity index (χ0n) is 29.2. The summed E-state index contributed by atoms with van der Waals surface area (Å²) in [6, 6.07) is 29.8. The molecule has 12 nitrogen and oxygen atoms in total. The van der Waals surface area contributed by atoms with Crippen LogP contribution in [0.4, 0.5) is 5.69 Å². The average molecular weight is 714 g/mol. The molecule has 5 aromatic rings. The summed E-state index contributed by atoms with van der Waals surface area (Å²) in [5, 5.41) is 6.82. The molecule has 0 atom stereocenters. The van der Waals surface area contributed by atoms with E-state index in [4.69, 9.17) is 23.7 Å². The highest BCUT2D eigenvalue weighted by Crippen LogP contribution is 2.38. The van der Waals surface area contributed by atoms with Gasteiger partial charge in [-0.2, -0.15) is 5.10 Å². The third kappa shape index (κ3) is 9.73. The zero-order valence-corrected chi connectivity index (χ0v) is 29.2. The molecule has 2 amide bonds. The fraction of sp³-hybridized carbons (Fsp3) is 0.0976. The fourth-order valence-electron chi connectivity index (χ4n) is 4.89. The molecule has 0 heterocycles. The van der Waals surface area contributed by atoms with Gasteiger partial charge in [0.25, 0.3) is 11.8 Å². The highest BCUT2D eigenvalue weighted by atomic mass is 16.5. The summed E-state index contributed by atoms with van der Waals surface area (Å²) in [6.45, 7) is 1.94. The summed E-state index contributed by atoms with van der Waals surface area (Å²) in [7, 11) is 4.34. The van der Waals surface area contributed by atoms with Crippen molar-refractivity contribution in [2.24, 2.45) is 5.10 Å². The van der Waals surface area contributed by atoms with Crippen molar-refractivity contribution in [2.75, 3.05) is 26.6 Å². The van der Waals surface area contributed by atoms with Gasteiger partial charge in [-0.25, -0.2) is 15.0 Å². The Bertz CT molecular complexity index is 2150. The molecule has 0 aromatic heterocycles. The molecule has 12 heteroatoms. The van der Waals surface area contributed by atoms with E-state index in [0.29, 0.717) is 33.7 Å². The number of para-hydroxylation sites is 2. The van der Waals surface area contributed by atoms with Crippen LogP contribution in [-0.4, -0.2) is 51.3 Å². The van der Waals surface area contributed by atoms with E-state index in [1.54, 1.807) is 84.9 Å². The molecule has 2 N–H and O–H groups in total. The monoisotopic (exact) mass is 713 g/mol. The first kappa shape index (κ1) is 37.1. The first-order valence-electron chi connectivity index (χ1n) is 16.1. The zero-order chi connectivity index (χ0) is 37.7. The van der Waals surface area contributed by atoms with Crippen molar-refractivity contribution < 1.29 is 42.9 Å². The Morgan fingerprint density at radius 1 is 0.604 bits per heavy atom. The molecule has 0 saturated carbocycles. The number of anilines is 1. The van der Waals surface area contributed by atoms with Gasteiger partial charge in [-0.3, -0.25) is 9.59 Å². The Labute approximate surface area is 305 Å². The van der Waals surface area contributed by atoms with E-state index < -0.39 is 17.8 Å². The number of amides is 2. The second-order valence-electron chi connectivity index (χ2n) is 11.2. The van der Waals surface area contributed by atoms with Crippen LogP contribution >= 0.6 is 0 Å². The molecule has 0 radical (unpaired) electrons. The SMILES string of the molecule is COc1cc(C(=O)Oc2ccccc2/C=C/C(=O)Oc2ccccc2/C=N/NC(=O)c2ccc(NC(=O)c3ccc(C)cc3)cc2)cc(OC)c1OC. The van der Waals surface area contributed by atoms with Crippen LogP contribution in [0.5, 0.6) is 28.7 Å². The average Bonchev–Trinajstić information content (AvgIpc) is 3.18. The highest BCUT2D eigenvalue weighted by molar-refractivity contribution is 6.04. The van der Waals surface area contributed by atoms with Gasteiger partial charge in [0.2, 0.25) is 5.75 Å². The first-order chi connectivity index (χ1) is 25.7. The van der Waals surface area contributed by atoms with Gasteiger partial charge >= 0.3 is 11.9 Å². The largest absolute Gasteiger partial charge is 0.493 e. The van der Waals surface area contributed by atoms with Gasteiger partial charge in [0.15, 0.2) is 11.5 Å². The van der Waals surface area contributed by atoms with Gasteiger partial charge in [-0.1, -0.05) is 48.0 Å².